The Kier molecular flexibility index (Phi) is 1.89. The van der Waals surface area contributed by atoms with Crippen LogP contribution in [0.1, 0.15) is 18.4 Å². The fourth-order valence-electron chi connectivity index (χ4n) is 2.13. The van der Waals surface area contributed by atoms with Gasteiger partial charge in [0.25, 0.3) is 0 Å². The number of hydrogen-bond donors (Lipinski definition) is 1. The largest absolute Gasteiger partial charge is 0.486 e. The molecule has 1 heterocycles. The van der Waals surface area contributed by atoms with Gasteiger partial charge in [-0.2, -0.15) is 0 Å². The Morgan fingerprint density at radius 3 is 2.53 bits per heavy atom. The van der Waals surface area contributed by atoms with Crippen LogP contribution in [0.2, 0.25) is 0 Å². The van der Waals surface area contributed by atoms with Gasteiger partial charge in [0.2, 0.25) is 0 Å². The average Bonchev–Trinajstić information content (AvgIpc) is 3.09. The van der Waals surface area contributed by atoms with Gasteiger partial charge >= 0.3 is 0 Å². The number of nitrogens with two attached hydrogens (primary N) is 1. The molecule has 1 aromatic rings. The van der Waals surface area contributed by atoms with Gasteiger partial charge in [0.15, 0.2) is 11.5 Å². The van der Waals surface area contributed by atoms with Crippen molar-refractivity contribution in [3.05, 3.63) is 23.8 Å². The van der Waals surface area contributed by atoms with Crippen LogP contribution in [0.3, 0.4) is 0 Å². The third-order valence-corrected chi connectivity index (χ3v) is 3.40. The van der Waals surface area contributed by atoms with Gasteiger partial charge in [0.05, 0.1) is 0 Å². The van der Waals surface area contributed by atoms with Crippen LogP contribution in [0, 0.1) is 0 Å². The van der Waals surface area contributed by atoms with Crippen LogP contribution in [-0.2, 0) is 5.41 Å². The van der Waals surface area contributed by atoms with Crippen LogP contribution < -0.4 is 15.2 Å². The van der Waals surface area contributed by atoms with Crippen LogP contribution in [0.15, 0.2) is 18.2 Å². The van der Waals surface area contributed by atoms with Crippen molar-refractivity contribution in [2.45, 2.75) is 18.3 Å². The highest BCUT2D eigenvalue weighted by Crippen LogP contribution is 2.49. The predicted octanol–water partition coefficient (Wildman–Crippen LogP) is 1.45. The molecule has 1 aliphatic heterocycles. The highest BCUT2D eigenvalue weighted by atomic mass is 16.6. The van der Waals surface area contributed by atoms with E-state index in [1.165, 1.54) is 18.4 Å². The zero-order chi connectivity index (χ0) is 10.3. The first kappa shape index (κ1) is 9.04. The molecule has 0 radical (unpaired) electrons. The van der Waals surface area contributed by atoms with Crippen LogP contribution in [0.5, 0.6) is 11.5 Å². The second kappa shape index (κ2) is 3.14. The van der Waals surface area contributed by atoms with Crippen molar-refractivity contribution >= 4 is 0 Å². The van der Waals surface area contributed by atoms with Crippen LogP contribution >= 0.6 is 0 Å². The quantitative estimate of drug-likeness (QED) is 0.794. The number of fused-ring (bicyclic) bond motifs is 1. The van der Waals surface area contributed by atoms with E-state index >= 15 is 0 Å². The van der Waals surface area contributed by atoms with Gasteiger partial charge in [-0.3, -0.25) is 0 Å². The minimum atomic E-state index is 0.232. The Bertz CT molecular complexity index is 385. The maximum atomic E-state index is 5.80. The van der Waals surface area contributed by atoms with Gasteiger partial charge in [-0.1, -0.05) is 6.07 Å². The Balaban J connectivity index is 1.97. The van der Waals surface area contributed by atoms with E-state index in [0.29, 0.717) is 13.2 Å². The second-order valence-electron chi connectivity index (χ2n) is 4.34. The third kappa shape index (κ3) is 1.38. The summed E-state index contributed by atoms with van der Waals surface area (Å²) in [6.45, 7) is 2.02. The number of hydrogen-bond acceptors (Lipinski definition) is 3. The first-order chi connectivity index (χ1) is 7.34. The second-order valence-corrected chi connectivity index (χ2v) is 4.34. The molecule has 0 atom stereocenters. The fourth-order valence-corrected chi connectivity index (χ4v) is 2.13. The van der Waals surface area contributed by atoms with E-state index in [9.17, 15) is 0 Å². The lowest BCUT2D eigenvalue weighted by Crippen LogP contribution is -2.21. The molecule has 2 aliphatic rings. The monoisotopic (exact) mass is 205 g/mol. The van der Waals surface area contributed by atoms with E-state index in [-0.39, 0.29) is 5.41 Å². The molecule has 0 unspecified atom stereocenters. The lowest BCUT2D eigenvalue weighted by Gasteiger charge is -2.21. The Labute approximate surface area is 89.2 Å². The molecule has 0 spiro atoms. The summed E-state index contributed by atoms with van der Waals surface area (Å²) >= 11 is 0. The molecule has 0 bridgehead atoms. The Morgan fingerprint density at radius 1 is 1.13 bits per heavy atom. The normalized spacial score (nSPS) is 21.1. The first-order valence-electron chi connectivity index (χ1n) is 5.44. The standard InChI is InChI=1S/C12H15NO2/c13-8-12(3-4-12)9-1-2-10-11(7-9)15-6-5-14-10/h1-2,7H,3-6,8,13H2. The van der Waals surface area contributed by atoms with Crippen molar-refractivity contribution in [1.82, 2.24) is 0 Å². The molecule has 3 rings (SSSR count). The van der Waals surface area contributed by atoms with Gasteiger partial charge in [-0.05, 0) is 30.5 Å². The van der Waals surface area contributed by atoms with Gasteiger partial charge in [0, 0.05) is 12.0 Å². The minimum Gasteiger partial charge on any atom is -0.486 e. The smallest absolute Gasteiger partial charge is 0.161 e. The maximum absolute atomic E-state index is 5.80. The topological polar surface area (TPSA) is 44.5 Å². The van der Waals surface area contributed by atoms with Crippen LogP contribution in [0.25, 0.3) is 0 Å². The summed E-state index contributed by atoms with van der Waals surface area (Å²) in [4.78, 5) is 0. The molecule has 1 saturated carbocycles. The van der Waals surface area contributed by atoms with E-state index in [4.69, 9.17) is 15.2 Å². The summed E-state index contributed by atoms with van der Waals surface area (Å²) in [6.07, 6.45) is 2.40. The molecular formula is C12H15NO2. The molecule has 0 aromatic heterocycles. The molecule has 2 N–H and O–H groups in total. The molecule has 1 fully saturated rings. The Morgan fingerprint density at radius 2 is 1.87 bits per heavy atom. The zero-order valence-electron chi connectivity index (χ0n) is 8.66. The van der Waals surface area contributed by atoms with Crippen molar-refractivity contribution in [1.29, 1.82) is 0 Å². The molecule has 0 saturated heterocycles. The van der Waals surface area contributed by atoms with Crippen molar-refractivity contribution in [2.75, 3.05) is 19.8 Å². The SMILES string of the molecule is NCC1(c2ccc3c(c2)OCCO3)CC1. The summed E-state index contributed by atoms with van der Waals surface area (Å²) in [5.41, 5.74) is 7.34. The third-order valence-electron chi connectivity index (χ3n) is 3.40. The first-order valence-corrected chi connectivity index (χ1v) is 5.44. The lowest BCUT2D eigenvalue weighted by atomic mass is 9.96. The molecule has 1 aliphatic carbocycles. The summed E-state index contributed by atoms with van der Waals surface area (Å²) in [7, 11) is 0. The predicted molar refractivity (Wildman–Crippen MR) is 57.4 cm³/mol. The van der Waals surface area contributed by atoms with E-state index in [1.807, 2.05) is 6.07 Å². The summed E-state index contributed by atoms with van der Waals surface area (Å²) < 4.78 is 11.1. The zero-order valence-corrected chi connectivity index (χ0v) is 8.66. The van der Waals surface area contributed by atoms with Gasteiger partial charge in [-0.25, -0.2) is 0 Å². The number of ether oxygens (including phenoxy) is 2. The van der Waals surface area contributed by atoms with Gasteiger partial charge < -0.3 is 15.2 Å². The molecule has 15 heavy (non-hydrogen) atoms. The average molecular weight is 205 g/mol. The highest BCUT2D eigenvalue weighted by Gasteiger charge is 2.43. The molecule has 1 aromatic carbocycles. The number of benzene rings is 1. The van der Waals surface area contributed by atoms with Gasteiger partial charge in [0.1, 0.15) is 13.2 Å². The summed E-state index contributed by atoms with van der Waals surface area (Å²) in [6, 6.07) is 6.21. The minimum absolute atomic E-state index is 0.232. The maximum Gasteiger partial charge on any atom is 0.161 e. The van der Waals surface area contributed by atoms with Crippen molar-refractivity contribution in [2.24, 2.45) is 5.73 Å². The van der Waals surface area contributed by atoms with E-state index in [0.717, 1.165) is 18.0 Å². The van der Waals surface area contributed by atoms with Crippen molar-refractivity contribution in [3.8, 4) is 11.5 Å². The fraction of sp³-hybridized carbons (Fsp3) is 0.500. The molecular weight excluding hydrogens is 190 g/mol. The molecule has 3 nitrogen and oxygen atoms in total. The van der Waals surface area contributed by atoms with E-state index in [1.54, 1.807) is 0 Å². The van der Waals surface area contributed by atoms with Gasteiger partial charge in [-0.15, -0.1) is 0 Å². The summed E-state index contributed by atoms with van der Waals surface area (Å²) in [5, 5.41) is 0. The molecule has 3 heteroatoms. The van der Waals surface area contributed by atoms with Crippen LogP contribution in [0.4, 0.5) is 0 Å². The van der Waals surface area contributed by atoms with Crippen molar-refractivity contribution in [3.63, 3.8) is 0 Å². The summed E-state index contributed by atoms with van der Waals surface area (Å²) in [5.74, 6) is 1.73. The number of rotatable bonds is 2. The van der Waals surface area contributed by atoms with Crippen molar-refractivity contribution < 1.29 is 9.47 Å². The highest BCUT2D eigenvalue weighted by molar-refractivity contribution is 5.47. The molecule has 0 amide bonds. The lowest BCUT2D eigenvalue weighted by molar-refractivity contribution is 0.171. The van der Waals surface area contributed by atoms with Crippen LogP contribution in [-0.4, -0.2) is 19.8 Å². The Hall–Kier alpha value is -1.22. The molecule has 80 valence electrons. The van der Waals surface area contributed by atoms with E-state index < -0.39 is 0 Å². The van der Waals surface area contributed by atoms with E-state index in [2.05, 4.69) is 12.1 Å².